The van der Waals surface area contributed by atoms with Gasteiger partial charge in [-0.25, -0.2) is 4.98 Å². The molecule has 2 aromatic rings. The van der Waals surface area contributed by atoms with Gasteiger partial charge in [-0.15, -0.1) is 11.3 Å². The number of hydrogen-bond donors (Lipinski definition) is 1. The van der Waals surface area contributed by atoms with E-state index in [-0.39, 0.29) is 11.5 Å². The first-order valence-electron chi connectivity index (χ1n) is 7.88. The third-order valence-corrected chi connectivity index (χ3v) is 4.28. The van der Waals surface area contributed by atoms with Gasteiger partial charge < -0.3 is 15.2 Å². The summed E-state index contributed by atoms with van der Waals surface area (Å²) in [5, 5.41) is 2.51. The molecule has 0 spiro atoms. The first kappa shape index (κ1) is 17.8. The van der Waals surface area contributed by atoms with Gasteiger partial charge >= 0.3 is 0 Å². The molecule has 0 saturated carbocycles. The number of benzene rings is 1. The van der Waals surface area contributed by atoms with Gasteiger partial charge in [-0.05, 0) is 17.9 Å². The lowest BCUT2D eigenvalue weighted by molar-refractivity contribution is -0.0208. The van der Waals surface area contributed by atoms with Crippen molar-refractivity contribution in [1.82, 2.24) is 4.98 Å². The standard InChI is InChI=1S/C18H26N2O2S/c1-6-10-22-16(18(2,3)4)13-9-7-8-12(15(13)21-5)14-11-23-17(19)20-14/h7-9,11,16H,6,10H2,1-5H3,(H2,19,20)/t16-/m1/s1. The summed E-state index contributed by atoms with van der Waals surface area (Å²) in [4.78, 5) is 4.39. The number of anilines is 1. The lowest BCUT2D eigenvalue weighted by Crippen LogP contribution is -2.22. The fourth-order valence-electron chi connectivity index (χ4n) is 2.64. The third kappa shape index (κ3) is 4.03. The number of rotatable bonds is 6. The SMILES string of the molecule is CCCO[C@H](c1cccc(-c2csc(N)n2)c1OC)C(C)(C)C. The molecule has 0 radical (unpaired) electrons. The van der Waals surface area contributed by atoms with E-state index in [1.165, 1.54) is 11.3 Å². The Labute approximate surface area is 142 Å². The highest BCUT2D eigenvalue weighted by Crippen LogP contribution is 2.44. The third-order valence-electron chi connectivity index (χ3n) is 3.61. The Hall–Kier alpha value is -1.59. The van der Waals surface area contributed by atoms with E-state index in [0.29, 0.717) is 5.13 Å². The highest BCUT2D eigenvalue weighted by atomic mass is 32.1. The van der Waals surface area contributed by atoms with E-state index in [1.54, 1.807) is 7.11 Å². The van der Waals surface area contributed by atoms with Crippen molar-refractivity contribution in [3.05, 3.63) is 29.1 Å². The smallest absolute Gasteiger partial charge is 0.180 e. The van der Waals surface area contributed by atoms with E-state index in [1.807, 2.05) is 17.5 Å². The lowest BCUT2D eigenvalue weighted by Gasteiger charge is -2.32. The van der Waals surface area contributed by atoms with Crippen LogP contribution in [0.3, 0.4) is 0 Å². The topological polar surface area (TPSA) is 57.4 Å². The molecule has 0 unspecified atom stereocenters. The monoisotopic (exact) mass is 334 g/mol. The lowest BCUT2D eigenvalue weighted by atomic mass is 9.83. The molecule has 0 bridgehead atoms. The van der Waals surface area contributed by atoms with Gasteiger partial charge in [0.2, 0.25) is 0 Å². The van der Waals surface area contributed by atoms with Crippen molar-refractivity contribution in [3.63, 3.8) is 0 Å². The molecular weight excluding hydrogens is 308 g/mol. The predicted octanol–water partition coefficient (Wildman–Crippen LogP) is 4.91. The van der Waals surface area contributed by atoms with Crippen LogP contribution in [0.2, 0.25) is 0 Å². The maximum atomic E-state index is 6.16. The zero-order chi connectivity index (χ0) is 17.0. The summed E-state index contributed by atoms with van der Waals surface area (Å²) >= 11 is 1.43. The van der Waals surface area contributed by atoms with Crippen LogP contribution in [0.4, 0.5) is 5.13 Å². The second-order valence-corrected chi connectivity index (χ2v) is 7.51. The van der Waals surface area contributed by atoms with Crippen LogP contribution < -0.4 is 10.5 Å². The van der Waals surface area contributed by atoms with Crippen LogP contribution >= 0.6 is 11.3 Å². The molecule has 2 N–H and O–H groups in total. The Balaban J connectivity index is 2.52. The number of thiazole rings is 1. The first-order valence-corrected chi connectivity index (χ1v) is 8.76. The van der Waals surface area contributed by atoms with Crippen molar-refractivity contribution >= 4 is 16.5 Å². The van der Waals surface area contributed by atoms with Gasteiger partial charge in [0, 0.05) is 23.1 Å². The minimum absolute atomic E-state index is 0.0395. The molecule has 5 heteroatoms. The molecule has 0 amide bonds. The second kappa shape index (κ2) is 7.32. The van der Waals surface area contributed by atoms with Gasteiger partial charge in [0.05, 0.1) is 18.9 Å². The Bertz CT molecular complexity index is 647. The van der Waals surface area contributed by atoms with E-state index >= 15 is 0 Å². The summed E-state index contributed by atoms with van der Waals surface area (Å²) in [6.45, 7) is 9.38. The van der Waals surface area contributed by atoms with Gasteiger partial charge in [0.25, 0.3) is 0 Å². The van der Waals surface area contributed by atoms with Crippen molar-refractivity contribution < 1.29 is 9.47 Å². The second-order valence-electron chi connectivity index (χ2n) is 6.62. The van der Waals surface area contributed by atoms with Gasteiger partial charge in [0.1, 0.15) is 5.75 Å². The number of para-hydroxylation sites is 1. The van der Waals surface area contributed by atoms with Crippen molar-refractivity contribution in [2.75, 3.05) is 19.5 Å². The van der Waals surface area contributed by atoms with Crippen LogP contribution in [0.25, 0.3) is 11.3 Å². The van der Waals surface area contributed by atoms with Crippen LogP contribution in [0, 0.1) is 5.41 Å². The molecule has 1 heterocycles. The van der Waals surface area contributed by atoms with Gasteiger partial charge in [-0.2, -0.15) is 0 Å². The zero-order valence-corrected chi connectivity index (χ0v) is 15.4. The maximum absolute atomic E-state index is 6.16. The number of nitrogen functional groups attached to an aromatic ring is 1. The van der Waals surface area contributed by atoms with E-state index in [2.05, 4.69) is 38.7 Å². The van der Waals surface area contributed by atoms with Crippen LogP contribution in [-0.2, 0) is 4.74 Å². The molecule has 23 heavy (non-hydrogen) atoms. The minimum atomic E-state index is -0.0478. The van der Waals surface area contributed by atoms with Crippen molar-refractivity contribution in [1.29, 1.82) is 0 Å². The molecule has 4 nitrogen and oxygen atoms in total. The van der Waals surface area contributed by atoms with Gasteiger partial charge in [-0.3, -0.25) is 0 Å². The quantitative estimate of drug-likeness (QED) is 0.815. The molecule has 0 aliphatic rings. The molecule has 2 rings (SSSR count). The van der Waals surface area contributed by atoms with Gasteiger partial charge in [0.15, 0.2) is 5.13 Å². The van der Waals surface area contributed by atoms with Crippen LogP contribution in [0.5, 0.6) is 5.75 Å². The Kier molecular flexibility index (Phi) is 5.65. The van der Waals surface area contributed by atoms with Crippen LogP contribution in [0.15, 0.2) is 23.6 Å². The largest absolute Gasteiger partial charge is 0.496 e. The summed E-state index contributed by atoms with van der Waals surface area (Å²) in [7, 11) is 1.69. The van der Waals surface area contributed by atoms with Gasteiger partial charge in [-0.1, -0.05) is 39.8 Å². The van der Waals surface area contributed by atoms with E-state index in [0.717, 1.165) is 35.6 Å². The number of aromatic nitrogens is 1. The molecule has 0 aliphatic heterocycles. The highest BCUT2D eigenvalue weighted by Gasteiger charge is 2.30. The average molecular weight is 334 g/mol. The normalized spacial score (nSPS) is 13.1. The van der Waals surface area contributed by atoms with Crippen LogP contribution in [0.1, 0.15) is 45.8 Å². The summed E-state index contributed by atoms with van der Waals surface area (Å²) in [6.07, 6.45) is 0.935. The predicted molar refractivity (Wildman–Crippen MR) is 97.0 cm³/mol. The first-order chi connectivity index (χ1) is 10.9. The number of ether oxygens (including phenoxy) is 2. The number of nitrogens with zero attached hydrogens (tertiary/aromatic N) is 1. The number of hydrogen-bond acceptors (Lipinski definition) is 5. The fraction of sp³-hybridized carbons (Fsp3) is 0.500. The van der Waals surface area contributed by atoms with E-state index < -0.39 is 0 Å². The molecular formula is C18H26N2O2S. The average Bonchev–Trinajstić information content (AvgIpc) is 2.92. The highest BCUT2D eigenvalue weighted by molar-refractivity contribution is 7.13. The minimum Gasteiger partial charge on any atom is -0.496 e. The molecule has 1 aromatic carbocycles. The molecule has 1 atom stereocenters. The van der Waals surface area contributed by atoms with E-state index in [9.17, 15) is 0 Å². The van der Waals surface area contributed by atoms with Crippen LogP contribution in [-0.4, -0.2) is 18.7 Å². The van der Waals surface area contributed by atoms with Crippen molar-refractivity contribution in [2.45, 2.75) is 40.2 Å². The fourth-order valence-corrected chi connectivity index (χ4v) is 3.21. The summed E-state index contributed by atoms with van der Waals surface area (Å²) < 4.78 is 11.9. The Morgan fingerprint density at radius 1 is 1.30 bits per heavy atom. The Morgan fingerprint density at radius 2 is 2.04 bits per heavy atom. The van der Waals surface area contributed by atoms with Crippen molar-refractivity contribution in [2.24, 2.45) is 5.41 Å². The Morgan fingerprint density at radius 3 is 2.57 bits per heavy atom. The summed E-state index contributed by atoms with van der Waals surface area (Å²) in [6, 6.07) is 6.11. The van der Waals surface area contributed by atoms with Crippen molar-refractivity contribution in [3.8, 4) is 17.0 Å². The zero-order valence-electron chi connectivity index (χ0n) is 14.6. The number of methoxy groups -OCH3 is 1. The molecule has 0 fully saturated rings. The summed E-state index contributed by atoms with van der Waals surface area (Å²) in [5.74, 6) is 0.814. The van der Waals surface area contributed by atoms with E-state index in [4.69, 9.17) is 15.2 Å². The molecule has 0 aliphatic carbocycles. The maximum Gasteiger partial charge on any atom is 0.180 e. The molecule has 1 aromatic heterocycles. The number of nitrogens with two attached hydrogens (primary N) is 1. The molecule has 0 saturated heterocycles. The molecule has 126 valence electrons. The summed E-state index contributed by atoms with van der Waals surface area (Å²) in [5.41, 5.74) is 8.59.